The maximum Gasteiger partial charge on any atom is 0.259 e. The van der Waals surface area contributed by atoms with E-state index in [4.69, 9.17) is 9.47 Å². The molecule has 0 saturated carbocycles. The number of hydrogen-bond acceptors (Lipinski definition) is 7. The van der Waals surface area contributed by atoms with Gasteiger partial charge in [0.2, 0.25) is 11.8 Å². The predicted octanol–water partition coefficient (Wildman–Crippen LogP) is 2.25. The zero-order chi connectivity index (χ0) is 24.9. The number of carbonyl (C=O) groups is 2. The lowest BCUT2D eigenvalue weighted by molar-refractivity contribution is -0.138. The van der Waals surface area contributed by atoms with Crippen LogP contribution in [0.2, 0.25) is 0 Å². The van der Waals surface area contributed by atoms with Crippen molar-refractivity contribution < 1.29 is 24.2 Å². The summed E-state index contributed by atoms with van der Waals surface area (Å²) in [7, 11) is 1.80. The molecular formula is C26H34N4O5. The molecule has 0 aromatic carbocycles. The normalized spacial score (nSPS) is 21.9. The van der Waals surface area contributed by atoms with Gasteiger partial charge in [0.25, 0.3) is 5.91 Å². The van der Waals surface area contributed by atoms with Crippen molar-refractivity contribution in [2.24, 2.45) is 11.8 Å². The highest BCUT2D eigenvalue weighted by molar-refractivity contribution is 5.98. The van der Waals surface area contributed by atoms with Crippen LogP contribution < -0.4 is 4.74 Å². The number of aliphatic hydroxyl groups excluding tert-OH is 1. The van der Waals surface area contributed by atoms with Gasteiger partial charge in [0, 0.05) is 62.8 Å². The minimum Gasteiger partial charge on any atom is -0.472 e. The second-order valence-corrected chi connectivity index (χ2v) is 9.54. The summed E-state index contributed by atoms with van der Waals surface area (Å²) < 4.78 is 11.7. The Hall–Kier alpha value is -3.04. The third-order valence-electron chi connectivity index (χ3n) is 6.94. The Kier molecular flexibility index (Phi) is 7.97. The van der Waals surface area contributed by atoms with E-state index >= 15 is 0 Å². The van der Waals surface area contributed by atoms with Crippen molar-refractivity contribution in [1.82, 2.24) is 19.8 Å². The van der Waals surface area contributed by atoms with Crippen LogP contribution in [0.5, 0.6) is 5.88 Å². The van der Waals surface area contributed by atoms with E-state index in [0.717, 1.165) is 24.0 Å². The standard InChI is InChI=1S/C26H34N4O5/c1-17-14-30(18(2)16-31)26(33)22-12-21(19-4-8-27-9-5-19)13-28-24(22)35-23(17)15-29(3)25(32)20-6-10-34-11-7-20/h4-5,8-9,12-13,17-18,20,23,31H,6-7,10-11,14-16H2,1-3H3/t17-,18+,23+/m0/s1. The van der Waals surface area contributed by atoms with Crippen molar-refractivity contribution in [3.63, 3.8) is 0 Å². The van der Waals surface area contributed by atoms with E-state index in [1.165, 1.54) is 0 Å². The van der Waals surface area contributed by atoms with Gasteiger partial charge in [-0.15, -0.1) is 0 Å². The first-order chi connectivity index (χ1) is 16.9. The number of rotatable bonds is 6. The van der Waals surface area contributed by atoms with E-state index in [9.17, 15) is 14.7 Å². The quantitative estimate of drug-likeness (QED) is 0.673. The zero-order valence-corrected chi connectivity index (χ0v) is 20.6. The van der Waals surface area contributed by atoms with E-state index in [1.807, 2.05) is 26.0 Å². The van der Waals surface area contributed by atoms with Crippen molar-refractivity contribution in [3.8, 4) is 17.0 Å². The van der Waals surface area contributed by atoms with Crippen LogP contribution in [0.25, 0.3) is 11.1 Å². The largest absolute Gasteiger partial charge is 0.472 e. The van der Waals surface area contributed by atoms with E-state index in [2.05, 4.69) is 9.97 Å². The summed E-state index contributed by atoms with van der Waals surface area (Å²) in [4.78, 5) is 38.6. The fourth-order valence-electron chi connectivity index (χ4n) is 4.64. The maximum atomic E-state index is 13.6. The second-order valence-electron chi connectivity index (χ2n) is 9.54. The molecule has 1 N–H and O–H groups in total. The number of pyridine rings is 2. The first-order valence-corrected chi connectivity index (χ1v) is 12.2. The molecule has 2 aliphatic rings. The Balaban J connectivity index is 1.64. The molecule has 1 fully saturated rings. The highest BCUT2D eigenvalue weighted by Crippen LogP contribution is 2.30. The topological polar surface area (TPSA) is 105 Å². The van der Waals surface area contributed by atoms with Crippen LogP contribution in [-0.4, -0.2) is 88.8 Å². The number of amides is 2. The van der Waals surface area contributed by atoms with E-state index in [1.54, 1.807) is 41.5 Å². The minimum atomic E-state index is -0.372. The fraction of sp³-hybridized carbons (Fsp3) is 0.538. The van der Waals surface area contributed by atoms with Crippen LogP contribution >= 0.6 is 0 Å². The smallest absolute Gasteiger partial charge is 0.259 e. The number of ether oxygens (including phenoxy) is 2. The second kappa shape index (κ2) is 11.1. The lowest BCUT2D eigenvalue weighted by Gasteiger charge is -2.38. The molecule has 0 bridgehead atoms. The summed E-state index contributed by atoms with van der Waals surface area (Å²) in [5.74, 6) is -0.0384. The Bertz CT molecular complexity index is 1030. The average Bonchev–Trinajstić information content (AvgIpc) is 2.90. The molecule has 0 spiro atoms. The molecule has 2 aliphatic heterocycles. The van der Waals surface area contributed by atoms with Gasteiger partial charge in [-0.25, -0.2) is 4.98 Å². The average molecular weight is 483 g/mol. The minimum absolute atomic E-state index is 0.0431. The maximum absolute atomic E-state index is 13.6. The molecule has 3 atom stereocenters. The van der Waals surface area contributed by atoms with Gasteiger partial charge in [-0.1, -0.05) is 6.92 Å². The molecule has 188 valence electrons. The summed E-state index contributed by atoms with van der Waals surface area (Å²) in [5, 5.41) is 9.85. The Morgan fingerprint density at radius 1 is 1.26 bits per heavy atom. The SMILES string of the molecule is C[C@H](CO)N1C[C@H](C)[C@@H](CN(C)C(=O)C2CCOCC2)Oc2ncc(-c3ccncc3)cc2C1=O. The molecule has 2 amide bonds. The van der Waals surface area contributed by atoms with Crippen LogP contribution in [0, 0.1) is 11.8 Å². The predicted molar refractivity (Wildman–Crippen MR) is 130 cm³/mol. The van der Waals surface area contributed by atoms with Crippen molar-refractivity contribution in [2.75, 3.05) is 40.0 Å². The van der Waals surface area contributed by atoms with Crippen molar-refractivity contribution in [2.45, 2.75) is 38.8 Å². The van der Waals surface area contributed by atoms with Crippen LogP contribution in [0.1, 0.15) is 37.0 Å². The lowest BCUT2D eigenvalue weighted by Crippen LogP contribution is -2.51. The molecule has 2 aromatic rings. The van der Waals surface area contributed by atoms with Gasteiger partial charge in [-0.3, -0.25) is 14.6 Å². The van der Waals surface area contributed by atoms with Gasteiger partial charge in [-0.2, -0.15) is 0 Å². The molecule has 1 saturated heterocycles. The van der Waals surface area contributed by atoms with Crippen molar-refractivity contribution in [1.29, 1.82) is 0 Å². The highest BCUT2D eigenvalue weighted by atomic mass is 16.5. The molecule has 2 aromatic heterocycles. The first-order valence-electron chi connectivity index (χ1n) is 12.2. The molecule has 0 unspecified atom stereocenters. The highest BCUT2D eigenvalue weighted by Gasteiger charge is 2.35. The molecule has 9 nitrogen and oxygen atoms in total. The molecule has 4 heterocycles. The van der Waals surface area contributed by atoms with Crippen LogP contribution in [0.4, 0.5) is 0 Å². The Morgan fingerprint density at radius 3 is 2.66 bits per heavy atom. The van der Waals surface area contributed by atoms with Crippen LogP contribution in [0.15, 0.2) is 36.8 Å². The number of nitrogens with zero attached hydrogens (tertiary/aromatic N) is 4. The number of fused-ring (bicyclic) bond motifs is 1. The van der Waals surface area contributed by atoms with Gasteiger partial charge in [0.1, 0.15) is 11.7 Å². The molecule has 0 radical (unpaired) electrons. The van der Waals surface area contributed by atoms with Gasteiger partial charge in [0.15, 0.2) is 0 Å². The molecule has 4 rings (SSSR count). The lowest BCUT2D eigenvalue weighted by atomic mass is 9.97. The number of aliphatic hydroxyl groups is 1. The van der Waals surface area contributed by atoms with Gasteiger partial charge in [-0.05, 0) is 43.5 Å². The third-order valence-corrected chi connectivity index (χ3v) is 6.94. The van der Waals surface area contributed by atoms with Crippen LogP contribution in [0.3, 0.4) is 0 Å². The number of aromatic nitrogens is 2. The summed E-state index contributed by atoms with van der Waals surface area (Å²) in [6.07, 6.45) is 6.14. The van der Waals surface area contributed by atoms with Crippen LogP contribution in [-0.2, 0) is 9.53 Å². The number of hydrogen-bond donors (Lipinski definition) is 1. The number of likely N-dealkylation sites (N-methyl/N-ethyl adjacent to an activating group) is 1. The summed E-state index contributed by atoms with van der Waals surface area (Å²) >= 11 is 0. The molecule has 35 heavy (non-hydrogen) atoms. The molecule has 0 aliphatic carbocycles. The van der Waals surface area contributed by atoms with Gasteiger partial charge in [0.05, 0.1) is 19.2 Å². The molecular weight excluding hydrogens is 448 g/mol. The van der Waals surface area contributed by atoms with Crippen molar-refractivity contribution >= 4 is 11.8 Å². The summed E-state index contributed by atoms with van der Waals surface area (Å²) in [5.41, 5.74) is 2.00. The Morgan fingerprint density at radius 2 is 1.97 bits per heavy atom. The van der Waals surface area contributed by atoms with Gasteiger partial charge >= 0.3 is 0 Å². The third kappa shape index (κ3) is 5.62. The fourth-order valence-corrected chi connectivity index (χ4v) is 4.64. The van der Waals surface area contributed by atoms with E-state index in [-0.39, 0.29) is 48.3 Å². The summed E-state index contributed by atoms with van der Waals surface area (Å²) in [6, 6.07) is 5.12. The molecule has 9 heteroatoms. The van der Waals surface area contributed by atoms with Crippen molar-refractivity contribution in [3.05, 3.63) is 42.4 Å². The monoisotopic (exact) mass is 482 g/mol. The first kappa shape index (κ1) is 25.1. The number of carbonyl (C=O) groups excluding carboxylic acids is 2. The van der Waals surface area contributed by atoms with Gasteiger partial charge < -0.3 is 24.4 Å². The van der Waals surface area contributed by atoms with E-state index in [0.29, 0.717) is 31.9 Å². The Labute approximate surface area is 206 Å². The summed E-state index contributed by atoms with van der Waals surface area (Å²) in [6.45, 7) is 5.64. The van der Waals surface area contributed by atoms with E-state index < -0.39 is 0 Å². The zero-order valence-electron chi connectivity index (χ0n) is 20.6.